The molecule has 5 nitrogen and oxygen atoms in total. The van der Waals surface area contributed by atoms with Crippen LogP contribution in [0.15, 0.2) is 47.4 Å². The van der Waals surface area contributed by atoms with E-state index in [-0.39, 0.29) is 10.3 Å². The van der Waals surface area contributed by atoms with Gasteiger partial charge in [0.1, 0.15) is 0 Å². The fourth-order valence-electron chi connectivity index (χ4n) is 2.19. The lowest BCUT2D eigenvalue weighted by Crippen LogP contribution is -2.17. The van der Waals surface area contributed by atoms with E-state index >= 15 is 0 Å². The Labute approximate surface area is 137 Å². The van der Waals surface area contributed by atoms with Gasteiger partial charge in [0.2, 0.25) is 0 Å². The number of nitrogens with one attached hydrogen (secondary N) is 1. The molecule has 2 aromatic rings. The van der Waals surface area contributed by atoms with Crippen molar-refractivity contribution in [2.75, 3.05) is 17.6 Å². The fraction of sp³-hybridized carbons (Fsp3) is 0.294. The van der Waals surface area contributed by atoms with Gasteiger partial charge < -0.3 is 10.5 Å². The Morgan fingerprint density at radius 1 is 1.09 bits per heavy atom. The number of benzene rings is 2. The van der Waals surface area contributed by atoms with Gasteiger partial charge in [0.05, 0.1) is 23.4 Å². The van der Waals surface area contributed by atoms with E-state index in [1.807, 2.05) is 20.8 Å². The molecule has 0 saturated carbocycles. The Balaban J connectivity index is 2.52. The first kappa shape index (κ1) is 17.1. The van der Waals surface area contributed by atoms with Crippen molar-refractivity contribution < 1.29 is 13.2 Å². The van der Waals surface area contributed by atoms with Crippen molar-refractivity contribution in [2.24, 2.45) is 0 Å². The summed E-state index contributed by atoms with van der Waals surface area (Å²) in [6.07, 6.45) is 0. The van der Waals surface area contributed by atoms with E-state index in [9.17, 15) is 8.42 Å². The number of ether oxygens (including phenoxy) is 1. The molecular formula is C17H22N2O3S. The van der Waals surface area contributed by atoms with Crippen LogP contribution >= 0.6 is 0 Å². The van der Waals surface area contributed by atoms with Gasteiger partial charge in [-0.1, -0.05) is 39.0 Å². The molecule has 0 bridgehead atoms. The first-order chi connectivity index (χ1) is 10.6. The third-order valence-corrected chi connectivity index (χ3v) is 4.87. The average Bonchev–Trinajstić information content (AvgIpc) is 2.46. The molecule has 0 aromatic heterocycles. The third kappa shape index (κ3) is 3.76. The molecule has 0 aliphatic carbocycles. The van der Waals surface area contributed by atoms with Gasteiger partial charge in [0, 0.05) is 0 Å². The van der Waals surface area contributed by atoms with Crippen LogP contribution in [0, 0.1) is 0 Å². The maximum atomic E-state index is 12.5. The van der Waals surface area contributed by atoms with Crippen LogP contribution < -0.4 is 15.2 Å². The molecule has 0 unspecified atom stereocenters. The second-order valence-electron chi connectivity index (χ2n) is 6.31. The van der Waals surface area contributed by atoms with Gasteiger partial charge in [0.25, 0.3) is 10.0 Å². The topological polar surface area (TPSA) is 81.4 Å². The molecule has 0 aliphatic heterocycles. The highest BCUT2D eigenvalue weighted by atomic mass is 32.2. The molecule has 0 radical (unpaired) electrons. The fourth-order valence-corrected chi connectivity index (χ4v) is 3.27. The number of sulfonamides is 1. The molecule has 0 fully saturated rings. The molecule has 2 aromatic carbocycles. The minimum absolute atomic E-state index is 0.173. The molecule has 2 rings (SSSR count). The molecule has 23 heavy (non-hydrogen) atoms. The predicted octanol–water partition coefficient (Wildman–Crippen LogP) is 3.38. The van der Waals surface area contributed by atoms with E-state index < -0.39 is 10.0 Å². The number of nitrogens with two attached hydrogens (primary N) is 1. The molecule has 0 amide bonds. The monoisotopic (exact) mass is 334 g/mol. The summed E-state index contributed by atoms with van der Waals surface area (Å²) in [5.41, 5.74) is 7.50. The maximum Gasteiger partial charge on any atom is 0.262 e. The first-order valence-corrected chi connectivity index (χ1v) is 8.69. The van der Waals surface area contributed by atoms with Gasteiger partial charge in [-0.05, 0) is 35.2 Å². The van der Waals surface area contributed by atoms with Crippen LogP contribution in [-0.2, 0) is 15.4 Å². The van der Waals surface area contributed by atoms with Crippen LogP contribution in [0.2, 0.25) is 0 Å². The number of anilines is 2. The molecule has 3 N–H and O–H groups in total. The van der Waals surface area contributed by atoms with Crippen LogP contribution in [0.1, 0.15) is 26.3 Å². The summed E-state index contributed by atoms with van der Waals surface area (Å²) < 4.78 is 32.9. The van der Waals surface area contributed by atoms with Gasteiger partial charge in [-0.25, -0.2) is 8.42 Å². The molecule has 0 atom stereocenters. The van der Waals surface area contributed by atoms with Crippen molar-refractivity contribution in [3.05, 3.63) is 48.0 Å². The normalized spacial score (nSPS) is 12.0. The SMILES string of the molecule is COc1c(N)cc(C(C)(C)C)cc1NS(=O)(=O)c1ccccc1. The maximum absolute atomic E-state index is 12.5. The van der Waals surface area contributed by atoms with Crippen molar-refractivity contribution in [2.45, 2.75) is 31.1 Å². The average molecular weight is 334 g/mol. The number of nitrogen functional groups attached to an aromatic ring is 1. The minimum atomic E-state index is -3.71. The standard InChI is InChI=1S/C17H22N2O3S/c1-17(2,3)12-10-14(18)16(22-4)15(11-12)19-23(20,21)13-8-6-5-7-9-13/h5-11,19H,18H2,1-4H3. The third-order valence-electron chi connectivity index (χ3n) is 3.49. The molecule has 6 heteroatoms. The smallest absolute Gasteiger partial charge is 0.262 e. The van der Waals surface area contributed by atoms with Crippen molar-refractivity contribution in [1.29, 1.82) is 0 Å². The number of hydrogen-bond acceptors (Lipinski definition) is 4. The Morgan fingerprint density at radius 2 is 1.70 bits per heavy atom. The van der Waals surface area contributed by atoms with E-state index in [1.165, 1.54) is 19.2 Å². The minimum Gasteiger partial charge on any atom is -0.492 e. The lowest BCUT2D eigenvalue weighted by Gasteiger charge is -2.23. The summed E-state index contributed by atoms with van der Waals surface area (Å²) in [6.45, 7) is 6.09. The first-order valence-electron chi connectivity index (χ1n) is 7.21. The van der Waals surface area contributed by atoms with E-state index in [4.69, 9.17) is 10.5 Å². The summed E-state index contributed by atoms with van der Waals surface area (Å²) in [5, 5.41) is 0. The lowest BCUT2D eigenvalue weighted by molar-refractivity contribution is 0.418. The number of methoxy groups -OCH3 is 1. The van der Waals surface area contributed by atoms with Crippen molar-refractivity contribution >= 4 is 21.4 Å². The zero-order chi connectivity index (χ0) is 17.3. The summed E-state index contributed by atoms with van der Waals surface area (Å²) in [4.78, 5) is 0.182. The van der Waals surface area contributed by atoms with E-state index in [1.54, 1.807) is 30.3 Å². The Bertz CT molecular complexity index is 795. The molecular weight excluding hydrogens is 312 g/mol. The molecule has 124 valence electrons. The largest absolute Gasteiger partial charge is 0.492 e. The Hall–Kier alpha value is -2.21. The van der Waals surface area contributed by atoms with Crippen LogP contribution in [0.4, 0.5) is 11.4 Å². The highest BCUT2D eigenvalue weighted by molar-refractivity contribution is 7.92. The highest BCUT2D eigenvalue weighted by Crippen LogP contribution is 2.37. The zero-order valence-electron chi connectivity index (χ0n) is 13.8. The van der Waals surface area contributed by atoms with Crippen molar-refractivity contribution in [1.82, 2.24) is 0 Å². The molecule has 0 heterocycles. The van der Waals surface area contributed by atoms with Crippen LogP contribution in [-0.4, -0.2) is 15.5 Å². The van der Waals surface area contributed by atoms with E-state index in [0.29, 0.717) is 17.1 Å². The van der Waals surface area contributed by atoms with Gasteiger partial charge >= 0.3 is 0 Å². The van der Waals surface area contributed by atoms with Gasteiger partial charge in [-0.2, -0.15) is 0 Å². The van der Waals surface area contributed by atoms with Crippen LogP contribution in [0.5, 0.6) is 5.75 Å². The van der Waals surface area contributed by atoms with E-state index in [0.717, 1.165) is 5.56 Å². The summed E-state index contributed by atoms with van der Waals surface area (Å²) >= 11 is 0. The molecule has 0 saturated heterocycles. The summed E-state index contributed by atoms with van der Waals surface area (Å²) in [7, 11) is -2.25. The van der Waals surface area contributed by atoms with Crippen molar-refractivity contribution in [3.8, 4) is 5.75 Å². The number of rotatable bonds is 4. The second kappa shape index (κ2) is 6.12. The lowest BCUT2D eigenvalue weighted by atomic mass is 9.86. The highest BCUT2D eigenvalue weighted by Gasteiger charge is 2.22. The van der Waals surface area contributed by atoms with E-state index in [2.05, 4.69) is 4.72 Å². The molecule has 0 spiro atoms. The Morgan fingerprint density at radius 3 is 2.22 bits per heavy atom. The van der Waals surface area contributed by atoms with Crippen molar-refractivity contribution in [3.63, 3.8) is 0 Å². The predicted molar refractivity (Wildman–Crippen MR) is 93.4 cm³/mol. The second-order valence-corrected chi connectivity index (χ2v) is 8.00. The van der Waals surface area contributed by atoms with Gasteiger partial charge in [-0.15, -0.1) is 0 Å². The van der Waals surface area contributed by atoms with Gasteiger partial charge in [-0.3, -0.25) is 4.72 Å². The van der Waals surface area contributed by atoms with Crippen LogP contribution in [0.3, 0.4) is 0 Å². The van der Waals surface area contributed by atoms with Gasteiger partial charge in [0.15, 0.2) is 5.75 Å². The number of hydrogen-bond donors (Lipinski definition) is 2. The summed E-state index contributed by atoms with van der Waals surface area (Å²) in [6, 6.07) is 11.7. The quantitative estimate of drug-likeness (QED) is 0.840. The Kier molecular flexibility index (Phi) is 4.56. The van der Waals surface area contributed by atoms with Crippen LogP contribution in [0.25, 0.3) is 0 Å². The summed E-state index contributed by atoms with van der Waals surface area (Å²) in [5.74, 6) is 0.317. The molecule has 0 aliphatic rings. The zero-order valence-corrected chi connectivity index (χ0v) is 14.6.